The van der Waals surface area contributed by atoms with Crippen LogP contribution in [0.4, 0.5) is 0 Å². The lowest BCUT2D eigenvalue weighted by Gasteiger charge is -2.31. The lowest BCUT2D eigenvalue weighted by Crippen LogP contribution is -2.51. The highest BCUT2D eigenvalue weighted by Gasteiger charge is 2.57. The van der Waals surface area contributed by atoms with E-state index in [9.17, 15) is 4.79 Å². The highest BCUT2D eigenvalue weighted by Crippen LogP contribution is 2.52. The summed E-state index contributed by atoms with van der Waals surface area (Å²) in [6, 6.07) is 10.3. The molecule has 3 heteroatoms. The molecule has 0 amide bonds. The van der Waals surface area contributed by atoms with Crippen molar-refractivity contribution < 1.29 is 9.53 Å². The normalized spacial score (nSPS) is 16.6. The van der Waals surface area contributed by atoms with Crippen molar-refractivity contribution in [1.29, 1.82) is 0 Å². The van der Waals surface area contributed by atoms with Gasteiger partial charge in [0.25, 0.3) is 0 Å². The van der Waals surface area contributed by atoms with Crippen molar-refractivity contribution in [1.82, 2.24) is 0 Å². The first kappa shape index (κ1) is 12.1. The van der Waals surface area contributed by atoms with E-state index in [4.69, 9.17) is 4.74 Å². The first-order chi connectivity index (χ1) is 8.04. The van der Waals surface area contributed by atoms with Crippen LogP contribution in [0.1, 0.15) is 6.92 Å². The quantitative estimate of drug-likeness (QED) is 0.463. The molecular formula is C14H18O2Si. The Morgan fingerprint density at radius 1 is 1.24 bits per heavy atom. The van der Waals surface area contributed by atoms with Crippen molar-refractivity contribution in [2.75, 3.05) is 6.61 Å². The molecule has 2 rings (SSSR count). The van der Waals surface area contributed by atoms with Crippen LogP contribution >= 0.6 is 0 Å². The molecule has 0 aromatic heterocycles. The van der Waals surface area contributed by atoms with Gasteiger partial charge in [-0.15, -0.1) is 0 Å². The van der Waals surface area contributed by atoms with Gasteiger partial charge in [-0.2, -0.15) is 0 Å². The second-order valence-corrected chi connectivity index (χ2v) is 9.57. The van der Waals surface area contributed by atoms with Crippen molar-refractivity contribution in [3.05, 3.63) is 42.5 Å². The van der Waals surface area contributed by atoms with Crippen LogP contribution in [0.2, 0.25) is 18.1 Å². The van der Waals surface area contributed by atoms with Gasteiger partial charge in [0.1, 0.15) is 13.1 Å². The predicted octanol–water partition coefficient (Wildman–Crippen LogP) is 2.48. The van der Waals surface area contributed by atoms with E-state index in [2.05, 4.69) is 25.2 Å². The maximum absolute atomic E-state index is 12.1. The molecule has 2 nitrogen and oxygen atoms in total. The summed E-state index contributed by atoms with van der Waals surface area (Å²) in [5.41, 5.74) is 0. The van der Waals surface area contributed by atoms with E-state index in [1.807, 2.05) is 37.3 Å². The number of benzene rings is 1. The van der Waals surface area contributed by atoms with Crippen LogP contribution in [-0.2, 0) is 9.53 Å². The van der Waals surface area contributed by atoms with Crippen LogP contribution in [0.3, 0.4) is 0 Å². The zero-order valence-electron chi connectivity index (χ0n) is 10.6. The van der Waals surface area contributed by atoms with Gasteiger partial charge in [0.05, 0.1) is 6.61 Å². The minimum atomic E-state index is -1.88. The van der Waals surface area contributed by atoms with E-state index in [1.54, 1.807) is 0 Å². The Kier molecular flexibility index (Phi) is 2.95. The molecule has 0 atom stereocenters. The van der Waals surface area contributed by atoms with E-state index >= 15 is 0 Å². The monoisotopic (exact) mass is 246 g/mol. The fourth-order valence-corrected chi connectivity index (χ4v) is 5.24. The molecule has 0 saturated heterocycles. The van der Waals surface area contributed by atoms with Crippen molar-refractivity contribution >= 4 is 19.2 Å². The second-order valence-electron chi connectivity index (χ2n) is 4.91. The van der Waals surface area contributed by atoms with E-state index in [0.29, 0.717) is 6.61 Å². The van der Waals surface area contributed by atoms with Gasteiger partial charge in [-0.25, -0.2) is 0 Å². The zero-order valence-corrected chi connectivity index (χ0v) is 11.6. The third-order valence-corrected chi connectivity index (χ3v) is 8.03. The maximum atomic E-state index is 12.1. The van der Waals surface area contributed by atoms with Gasteiger partial charge in [0, 0.05) is 0 Å². The third-order valence-electron chi connectivity index (χ3n) is 3.64. The molecular weight excluding hydrogens is 228 g/mol. The molecule has 0 aliphatic heterocycles. The molecule has 0 radical (unpaired) electrons. The number of carbonyl (C=O) groups is 1. The number of hydrogen-bond donors (Lipinski definition) is 0. The fraction of sp³-hybridized carbons (Fsp3) is 0.357. The van der Waals surface area contributed by atoms with Crippen LogP contribution in [0.25, 0.3) is 0 Å². The Morgan fingerprint density at radius 2 is 1.82 bits per heavy atom. The minimum absolute atomic E-state index is 0.0829. The number of rotatable bonds is 4. The summed E-state index contributed by atoms with van der Waals surface area (Å²) in [6.07, 6.45) is 4.01. The van der Waals surface area contributed by atoms with Gasteiger partial charge in [-0.3, -0.25) is 4.79 Å². The molecule has 1 aromatic carbocycles. The van der Waals surface area contributed by atoms with Crippen molar-refractivity contribution in [2.24, 2.45) is 0 Å². The molecule has 0 unspecified atom stereocenters. The van der Waals surface area contributed by atoms with Gasteiger partial charge in [0.15, 0.2) is 0 Å². The molecule has 1 aliphatic carbocycles. The number of ether oxygens (including phenoxy) is 1. The standard InChI is InChI=1S/C14H18O2Si/c1-4-16-13(15)14(10-11-14)17(2,3)12-8-6-5-7-9-12/h5-11H,4H2,1-3H3. The molecule has 0 fully saturated rings. The molecule has 1 aromatic rings. The molecule has 0 saturated carbocycles. The Hall–Kier alpha value is -1.35. The summed E-state index contributed by atoms with van der Waals surface area (Å²) in [7, 11) is -1.88. The lowest BCUT2D eigenvalue weighted by molar-refractivity contribution is -0.143. The summed E-state index contributed by atoms with van der Waals surface area (Å²) in [6.45, 7) is 6.74. The topological polar surface area (TPSA) is 26.3 Å². The van der Waals surface area contributed by atoms with E-state index in [-0.39, 0.29) is 5.97 Å². The molecule has 0 spiro atoms. The van der Waals surface area contributed by atoms with Crippen LogP contribution in [-0.4, -0.2) is 20.7 Å². The van der Waals surface area contributed by atoms with Crippen LogP contribution in [0.15, 0.2) is 42.5 Å². The molecule has 0 heterocycles. The maximum Gasteiger partial charge on any atom is 0.317 e. The van der Waals surface area contributed by atoms with Gasteiger partial charge in [0.2, 0.25) is 0 Å². The number of esters is 1. The zero-order chi connectivity index (χ0) is 12.5. The second kappa shape index (κ2) is 4.15. The predicted molar refractivity (Wildman–Crippen MR) is 72.0 cm³/mol. The summed E-state index contributed by atoms with van der Waals surface area (Å²) < 4.78 is 5.21. The fourth-order valence-electron chi connectivity index (χ4n) is 2.24. The first-order valence-electron chi connectivity index (χ1n) is 5.98. The molecule has 0 N–H and O–H groups in total. The summed E-state index contributed by atoms with van der Waals surface area (Å²) in [4.78, 5) is 12.1. The minimum Gasteiger partial charge on any atom is -0.465 e. The van der Waals surface area contributed by atoms with Gasteiger partial charge < -0.3 is 4.74 Å². The largest absolute Gasteiger partial charge is 0.465 e. The van der Waals surface area contributed by atoms with Gasteiger partial charge in [-0.1, -0.05) is 60.8 Å². The van der Waals surface area contributed by atoms with Gasteiger partial charge in [-0.05, 0) is 6.92 Å². The summed E-state index contributed by atoms with van der Waals surface area (Å²) in [5.74, 6) is -0.0829. The molecule has 90 valence electrons. The lowest BCUT2D eigenvalue weighted by atomic mass is 10.3. The van der Waals surface area contributed by atoms with Crippen LogP contribution < -0.4 is 5.19 Å². The van der Waals surface area contributed by atoms with Crippen LogP contribution in [0, 0.1) is 0 Å². The summed E-state index contributed by atoms with van der Waals surface area (Å²) >= 11 is 0. The number of carbonyl (C=O) groups excluding carboxylic acids is 1. The summed E-state index contributed by atoms with van der Waals surface area (Å²) in [5, 5.41) is 0.878. The molecule has 0 bridgehead atoms. The van der Waals surface area contributed by atoms with Crippen molar-refractivity contribution in [3.63, 3.8) is 0 Å². The average molecular weight is 246 g/mol. The SMILES string of the molecule is CCOC(=O)C1([Si](C)(C)c2ccccc2)C=C1. The van der Waals surface area contributed by atoms with E-state index in [0.717, 1.165) is 0 Å². The molecule has 17 heavy (non-hydrogen) atoms. The van der Waals surface area contributed by atoms with Gasteiger partial charge >= 0.3 is 5.97 Å². The first-order valence-corrected chi connectivity index (χ1v) is 8.98. The van der Waals surface area contributed by atoms with E-state index < -0.39 is 13.1 Å². The Labute approximate surface area is 103 Å². The van der Waals surface area contributed by atoms with Crippen molar-refractivity contribution in [2.45, 2.75) is 25.1 Å². The Bertz CT molecular complexity index is 443. The third kappa shape index (κ3) is 1.84. The highest BCUT2D eigenvalue weighted by atomic mass is 28.3. The Morgan fingerprint density at radius 3 is 2.29 bits per heavy atom. The average Bonchev–Trinajstić information content (AvgIpc) is 3.12. The highest BCUT2D eigenvalue weighted by molar-refractivity contribution is 6.96. The molecule has 1 aliphatic rings. The van der Waals surface area contributed by atoms with Crippen molar-refractivity contribution in [3.8, 4) is 0 Å². The Balaban J connectivity index is 2.30. The van der Waals surface area contributed by atoms with Crippen LogP contribution in [0.5, 0.6) is 0 Å². The van der Waals surface area contributed by atoms with E-state index in [1.165, 1.54) is 5.19 Å². The smallest absolute Gasteiger partial charge is 0.317 e. The number of hydrogen-bond acceptors (Lipinski definition) is 2.